The molecule has 2 bridgehead atoms. The molecule has 5 heteroatoms. The molecular weight excluding hydrogens is 372 g/mol. The van der Waals surface area contributed by atoms with Crippen LogP contribution in [0.15, 0.2) is 36.5 Å². The van der Waals surface area contributed by atoms with Gasteiger partial charge in [-0.2, -0.15) is 10.4 Å². The number of aryl methyl sites for hydroxylation is 3. The zero-order valence-corrected chi connectivity index (χ0v) is 17.6. The molecule has 0 N–H and O–H groups in total. The van der Waals surface area contributed by atoms with Crippen molar-refractivity contribution in [2.45, 2.75) is 39.0 Å². The molecule has 0 amide bonds. The van der Waals surface area contributed by atoms with E-state index in [9.17, 15) is 5.26 Å². The normalized spacial score (nSPS) is 17.4. The van der Waals surface area contributed by atoms with Gasteiger partial charge in [0.1, 0.15) is 17.5 Å². The predicted molar refractivity (Wildman–Crippen MR) is 116 cm³/mol. The smallest absolute Gasteiger partial charge is 0.146 e. The van der Waals surface area contributed by atoms with E-state index in [2.05, 4.69) is 55.4 Å². The van der Waals surface area contributed by atoms with Crippen molar-refractivity contribution in [1.82, 2.24) is 14.8 Å². The van der Waals surface area contributed by atoms with Gasteiger partial charge in [-0.05, 0) is 37.5 Å². The molecule has 3 heterocycles. The highest BCUT2D eigenvalue weighted by Gasteiger charge is 2.26. The minimum Gasteiger partial charge on any atom is -0.493 e. The molecule has 0 saturated carbocycles. The summed E-state index contributed by atoms with van der Waals surface area (Å²) in [7, 11) is 1.83. The first kappa shape index (κ1) is 18.6. The fraction of sp³-hybridized carbons (Fsp3) is 0.320. The van der Waals surface area contributed by atoms with Gasteiger partial charge < -0.3 is 4.74 Å². The van der Waals surface area contributed by atoms with E-state index in [1.165, 1.54) is 22.3 Å². The molecule has 1 aromatic carbocycles. The summed E-state index contributed by atoms with van der Waals surface area (Å²) in [6, 6.07) is 11.0. The van der Waals surface area contributed by atoms with Crippen LogP contribution in [0.5, 0.6) is 5.75 Å². The summed E-state index contributed by atoms with van der Waals surface area (Å²) < 4.78 is 7.91. The number of nitrogens with zero attached hydrogens (tertiary/aromatic N) is 4. The summed E-state index contributed by atoms with van der Waals surface area (Å²) in [5, 5.41) is 14.4. The Morgan fingerprint density at radius 1 is 1.23 bits per heavy atom. The van der Waals surface area contributed by atoms with Gasteiger partial charge in [-0.15, -0.1) is 0 Å². The summed E-state index contributed by atoms with van der Waals surface area (Å²) in [5.74, 6) is 1.15. The van der Waals surface area contributed by atoms with Crippen LogP contribution >= 0.6 is 0 Å². The fourth-order valence-electron chi connectivity index (χ4n) is 4.68. The number of hydrogen-bond acceptors (Lipinski definition) is 4. The van der Waals surface area contributed by atoms with Crippen molar-refractivity contribution >= 4 is 5.57 Å². The van der Waals surface area contributed by atoms with E-state index in [1.807, 2.05) is 13.2 Å². The van der Waals surface area contributed by atoms with E-state index in [-0.39, 0.29) is 5.92 Å². The van der Waals surface area contributed by atoms with E-state index < -0.39 is 0 Å². The Morgan fingerprint density at radius 2 is 2.10 bits per heavy atom. The van der Waals surface area contributed by atoms with Gasteiger partial charge in [-0.25, -0.2) is 0 Å². The Kier molecular flexibility index (Phi) is 4.43. The van der Waals surface area contributed by atoms with Crippen LogP contribution in [0.4, 0.5) is 0 Å². The molecule has 2 aromatic heterocycles. The van der Waals surface area contributed by atoms with Crippen LogP contribution in [0.25, 0.3) is 16.7 Å². The number of hydrogen-bond donors (Lipinski definition) is 0. The third kappa shape index (κ3) is 2.91. The number of rotatable bonds is 0. The number of ether oxygens (including phenoxy) is 1. The maximum Gasteiger partial charge on any atom is 0.146 e. The lowest BCUT2D eigenvalue weighted by Gasteiger charge is -2.20. The molecule has 5 nitrogen and oxygen atoms in total. The minimum absolute atomic E-state index is 0.197. The first-order chi connectivity index (χ1) is 14.6. The lowest BCUT2D eigenvalue weighted by atomic mass is 9.88. The third-order valence-corrected chi connectivity index (χ3v) is 6.22. The highest BCUT2D eigenvalue weighted by atomic mass is 16.5. The Labute approximate surface area is 176 Å². The van der Waals surface area contributed by atoms with Gasteiger partial charge in [0, 0.05) is 47.8 Å². The average molecular weight is 396 g/mol. The maximum atomic E-state index is 9.77. The summed E-state index contributed by atoms with van der Waals surface area (Å²) in [4.78, 5) is 4.77. The molecule has 5 rings (SSSR count). The van der Waals surface area contributed by atoms with E-state index in [1.54, 1.807) is 4.68 Å². The zero-order chi connectivity index (χ0) is 20.8. The summed E-state index contributed by atoms with van der Waals surface area (Å²) in [6.45, 7) is 4.97. The van der Waals surface area contributed by atoms with E-state index in [4.69, 9.17) is 9.72 Å². The number of aromatic nitrogens is 3. The lowest BCUT2D eigenvalue weighted by Crippen LogP contribution is -2.05. The first-order valence-electron chi connectivity index (χ1n) is 10.5. The summed E-state index contributed by atoms with van der Waals surface area (Å²) in [5.41, 5.74) is 9.37. The van der Waals surface area contributed by atoms with Crippen molar-refractivity contribution in [3.8, 4) is 22.9 Å². The Hall–Kier alpha value is -3.39. The predicted octanol–water partition coefficient (Wildman–Crippen LogP) is 4.73. The van der Waals surface area contributed by atoms with Crippen LogP contribution in [0.2, 0.25) is 0 Å². The van der Waals surface area contributed by atoms with Gasteiger partial charge in [-0.1, -0.05) is 30.7 Å². The maximum absolute atomic E-state index is 9.77. The second kappa shape index (κ2) is 7.14. The standard InChI is InChI=1S/C25H24N4O/c1-15-6-9-24-19(11-15)16(2)18-7-8-21-20(18)12-17(14-27-21)25-22(5-4-10-30-24)28-29(3)23(25)13-26/h6-7,9,11-12,14,16H,4-5,8,10H2,1-3H3/t16-/m0/s1. The van der Waals surface area contributed by atoms with Crippen molar-refractivity contribution in [3.63, 3.8) is 0 Å². The number of pyridine rings is 1. The van der Waals surface area contributed by atoms with Gasteiger partial charge in [0.05, 0.1) is 18.0 Å². The Bertz CT molecular complexity index is 1230. The average Bonchev–Trinajstić information content (AvgIpc) is 3.30. The molecule has 1 aliphatic carbocycles. The molecule has 1 aliphatic heterocycles. The molecule has 0 fully saturated rings. The third-order valence-electron chi connectivity index (χ3n) is 6.22. The lowest BCUT2D eigenvalue weighted by molar-refractivity contribution is 0.307. The second-order valence-electron chi connectivity index (χ2n) is 8.20. The largest absolute Gasteiger partial charge is 0.493 e. The first-order valence-corrected chi connectivity index (χ1v) is 10.5. The van der Waals surface area contributed by atoms with Gasteiger partial charge in [0.2, 0.25) is 0 Å². The second-order valence-corrected chi connectivity index (χ2v) is 8.20. The molecule has 30 heavy (non-hydrogen) atoms. The zero-order valence-electron chi connectivity index (χ0n) is 17.6. The van der Waals surface area contributed by atoms with Crippen LogP contribution in [-0.4, -0.2) is 21.4 Å². The van der Waals surface area contributed by atoms with E-state index in [0.29, 0.717) is 12.3 Å². The molecule has 3 aromatic rings. The van der Waals surface area contributed by atoms with Gasteiger partial charge in [0.15, 0.2) is 0 Å². The Morgan fingerprint density at radius 3 is 2.93 bits per heavy atom. The van der Waals surface area contributed by atoms with Crippen LogP contribution in [0.1, 0.15) is 53.0 Å². The number of fused-ring (bicyclic) bond motifs is 4. The van der Waals surface area contributed by atoms with Gasteiger partial charge in [-0.3, -0.25) is 9.67 Å². The van der Waals surface area contributed by atoms with Crippen LogP contribution in [0, 0.1) is 18.3 Å². The van der Waals surface area contributed by atoms with Crippen LogP contribution in [0.3, 0.4) is 0 Å². The molecule has 150 valence electrons. The quantitative estimate of drug-likeness (QED) is 0.551. The van der Waals surface area contributed by atoms with Crippen molar-refractivity contribution in [1.29, 1.82) is 5.26 Å². The minimum atomic E-state index is 0.197. The molecule has 0 radical (unpaired) electrons. The van der Waals surface area contributed by atoms with Gasteiger partial charge >= 0.3 is 0 Å². The Balaban J connectivity index is 1.71. The van der Waals surface area contributed by atoms with E-state index in [0.717, 1.165) is 47.5 Å². The molecule has 0 saturated heterocycles. The van der Waals surface area contributed by atoms with Crippen LogP contribution in [-0.2, 0) is 19.9 Å². The van der Waals surface area contributed by atoms with E-state index >= 15 is 0 Å². The topological polar surface area (TPSA) is 63.7 Å². The number of benzene rings is 1. The van der Waals surface area contributed by atoms with Crippen molar-refractivity contribution in [2.75, 3.05) is 6.61 Å². The highest BCUT2D eigenvalue weighted by molar-refractivity contribution is 5.82. The van der Waals surface area contributed by atoms with Gasteiger partial charge in [0.25, 0.3) is 0 Å². The monoisotopic (exact) mass is 396 g/mol. The molecule has 0 unspecified atom stereocenters. The van der Waals surface area contributed by atoms with Crippen molar-refractivity contribution in [3.05, 3.63) is 70.3 Å². The summed E-state index contributed by atoms with van der Waals surface area (Å²) in [6.07, 6.45) is 6.60. The fourth-order valence-corrected chi connectivity index (χ4v) is 4.68. The van der Waals surface area contributed by atoms with Crippen LogP contribution < -0.4 is 4.74 Å². The molecule has 2 aliphatic rings. The van der Waals surface area contributed by atoms with Crippen molar-refractivity contribution in [2.24, 2.45) is 7.05 Å². The number of allylic oxidation sites excluding steroid dienone is 2. The SMILES string of the molecule is Cc1ccc2c(c1)[C@@H](C)C1=CCc3ncc(cc31)-c1c(nn(C)c1C#N)CCCO2. The summed E-state index contributed by atoms with van der Waals surface area (Å²) >= 11 is 0. The molecule has 1 atom stereocenters. The van der Waals surface area contributed by atoms with Crippen molar-refractivity contribution < 1.29 is 4.74 Å². The molecule has 0 spiro atoms. The highest BCUT2D eigenvalue weighted by Crippen LogP contribution is 2.43. The molecular formula is C25H24N4O. The number of nitriles is 1.